The SMILES string of the molecule is CCCNC(Cc1ccnc(N)c1)C1CN(C)CCO1. The number of hydrogen-bond acceptors (Lipinski definition) is 5. The van der Waals surface area contributed by atoms with Crippen molar-refractivity contribution in [3.8, 4) is 0 Å². The van der Waals surface area contributed by atoms with E-state index in [1.807, 2.05) is 12.1 Å². The fraction of sp³-hybridized carbons (Fsp3) is 0.667. The van der Waals surface area contributed by atoms with Crippen LogP contribution in [0.25, 0.3) is 0 Å². The van der Waals surface area contributed by atoms with Crippen molar-refractivity contribution < 1.29 is 4.74 Å². The Morgan fingerprint density at radius 2 is 2.45 bits per heavy atom. The number of anilines is 1. The zero-order chi connectivity index (χ0) is 14.4. The summed E-state index contributed by atoms with van der Waals surface area (Å²) in [7, 11) is 2.15. The second-order valence-corrected chi connectivity index (χ2v) is 5.53. The van der Waals surface area contributed by atoms with E-state index >= 15 is 0 Å². The molecule has 3 N–H and O–H groups in total. The molecule has 5 nitrogen and oxygen atoms in total. The average molecular weight is 278 g/mol. The molecule has 1 aliphatic rings. The first-order valence-electron chi connectivity index (χ1n) is 7.43. The third-order valence-electron chi connectivity index (χ3n) is 3.70. The zero-order valence-electron chi connectivity index (χ0n) is 12.5. The number of nitrogens with one attached hydrogen (secondary N) is 1. The van der Waals surface area contributed by atoms with Crippen LogP contribution in [-0.4, -0.2) is 55.3 Å². The molecular weight excluding hydrogens is 252 g/mol. The number of nitrogen functional groups attached to an aromatic ring is 1. The summed E-state index contributed by atoms with van der Waals surface area (Å²) in [6.45, 7) is 5.99. The Bertz CT molecular complexity index is 413. The lowest BCUT2D eigenvalue weighted by atomic mass is 10.0. The van der Waals surface area contributed by atoms with Crippen molar-refractivity contribution in [1.29, 1.82) is 0 Å². The van der Waals surface area contributed by atoms with E-state index in [1.165, 1.54) is 5.56 Å². The highest BCUT2D eigenvalue weighted by Crippen LogP contribution is 2.14. The van der Waals surface area contributed by atoms with E-state index in [4.69, 9.17) is 10.5 Å². The summed E-state index contributed by atoms with van der Waals surface area (Å²) in [5.74, 6) is 0.582. The van der Waals surface area contributed by atoms with Gasteiger partial charge in [0, 0.05) is 25.3 Å². The van der Waals surface area contributed by atoms with Crippen molar-refractivity contribution in [3.63, 3.8) is 0 Å². The molecule has 5 heteroatoms. The molecule has 1 aromatic heterocycles. The van der Waals surface area contributed by atoms with Gasteiger partial charge in [-0.15, -0.1) is 0 Å². The fourth-order valence-electron chi connectivity index (χ4n) is 2.59. The molecule has 1 aromatic rings. The Balaban J connectivity index is 2.02. The normalized spacial score (nSPS) is 21.8. The van der Waals surface area contributed by atoms with Gasteiger partial charge in [0.25, 0.3) is 0 Å². The van der Waals surface area contributed by atoms with Crippen LogP contribution in [0.15, 0.2) is 18.3 Å². The number of likely N-dealkylation sites (N-methyl/N-ethyl adjacent to an activating group) is 1. The first-order chi connectivity index (χ1) is 9.69. The van der Waals surface area contributed by atoms with E-state index in [0.29, 0.717) is 11.9 Å². The Kier molecular flexibility index (Phi) is 5.76. The summed E-state index contributed by atoms with van der Waals surface area (Å²) in [6.07, 6.45) is 4.05. The van der Waals surface area contributed by atoms with Gasteiger partial charge in [0.1, 0.15) is 5.82 Å². The topological polar surface area (TPSA) is 63.4 Å². The maximum atomic E-state index is 5.96. The third kappa shape index (κ3) is 4.44. The lowest BCUT2D eigenvalue weighted by molar-refractivity contribution is -0.0383. The van der Waals surface area contributed by atoms with Crippen molar-refractivity contribution in [2.45, 2.75) is 31.9 Å². The minimum Gasteiger partial charge on any atom is -0.384 e. The van der Waals surface area contributed by atoms with Crippen LogP contribution in [0.5, 0.6) is 0 Å². The molecule has 2 atom stereocenters. The Labute approximate surface area is 121 Å². The van der Waals surface area contributed by atoms with Crippen LogP contribution in [0.4, 0.5) is 5.82 Å². The van der Waals surface area contributed by atoms with Gasteiger partial charge < -0.3 is 20.7 Å². The van der Waals surface area contributed by atoms with Gasteiger partial charge in [-0.25, -0.2) is 4.98 Å². The van der Waals surface area contributed by atoms with Crippen LogP contribution < -0.4 is 11.1 Å². The molecular formula is C15H26N4O. The molecule has 0 spiro atoms. The minimum atomic E-state index is 0.231. The highest BCUT2D eigenvalue weighted by Gasteiger charge is 2.26. The molecule has 112 valence electrons. The van der Waals surface area contributed by atoms with E-state index in [0.717, 1.165) is 39.1 Å². The Hall–Kier alpha value is -1.17. The summed E-state index contributed by atoms with van der Waals surface area (Å²) < 4.78 is 5.96. The first kappa shape index (κ1) is 15.2. The monoisotopic (exact) mass is 278 g/mol. The van der Waals surface area contributed by atoms with Crippen LogP contribution in [0.3, 0.4) is 0 Å². The van der Waals surface area contributed by atoms with E-state index in [-0.39, 0.29) is 6.10 Å². The second kappa shape index (κ2) is 7.57. The highest BCUT2D eigenvalue weighted by molar-refractivity contribution is 5.32. The van der Waals surface area contributed by atoms with Crippen molar-refractivity contribution in [3.05, 3.63) is 23.9 Å². The molecule has 2 heterocycles. The Morgan fingerprint density at radius 1 is 1.60 bits per heavy atom. The van der Waals surface area contributed by atoms with Crippen LogP contribution in [-0.2, 0) is 11.2 Å². The largest absolute Gasteiger partial charge is 0.384 e. The number of pyridine rings is 1. The van der Waals surface area contributed by atoms with Gasteiger partial charge in [0.15, 0.2) is 0 Å². The van der Waals surface area contributed by atoms with E-state index in [9.17, 15) is 0 Å². The third-order valence-corrected chi connectivity index (χ3v) is 3.70. The Morgan fingerprint density at radius 3 is 3.15 bits per heavy atom. The standard InChI is InChI=1S/C15H26N4O/c1-3-5-17-13(14-11-19(2)7-8-20-14)9-12-4-6-18-15(16)10-12/h4,6,10,13-14,17H,3,5,7-9,11H2,1-2H3,(H2,16,18). The van der Waals surface area contributed by atoms with Crippen molar-refractivity contribution in [1.82, 2.24) is 15.2 Å². The summed E-state index contributed by atoms with van der Waals surface area (Å²) >= 11 is 0. The number of aromatic nitrogens is 1. The van der Waals surface area contributed by atoms with Gasteiger partial charge in [0.05, 0.1) is 12.7 Å². The van der Waals surface area contributed by atoms with Crippen molar-refractivity contribution in [2.24, 2.45) is 0 Å². The van der Waals surface area contributed by atoms with Gasteiger partial charge >= 0.3 is 0 Å². The molecule has 1 fully saturated rings. The van der Waals surface area contributed by atoms with Gasteiger partial charge in [-0.1, -0.05) is 6.92 Å². The molecule has 0 radical (unpaired) electrons. The summed E-state index contributed by atoms with van der Waals surface area (Å²) in [5, 5.41) is 3.61. The molecule has 2 unspecified atom stereocenters. The lowest BCUT2D eigenvalue weighted by Crippen LogP contribution is -2.52. The first-order valence-corrected chi connectivity index (χ1v) is 7.43. The summed E-state index contributed by atoms with van der Waals surface area (Å²) in [5.41, 5.74) is 6.98. The maximum absolute atomic E-state index is 5.96. The molecule has 0 aliphatic carbocycles. The number of nitrogens with two attached hydrogens (primary N) is 1. The second-order valence-electron chi connectivity index (χ2n) is 5.53. The molecule has 1 saturated heterocycles. The molecule has 2 rings (SSSR count). The number of morpholine rings is 1. The summed E-state index contributed by atoms with van der Waals surface area (Å²) in [6, 6.07) is 4.30. The highest BCUT2D eigenvalue weighted by atomic mass is 16.5. The number of rotatable bonds is 6. The molecule has 0 saturated carbocycles. The molecule has 20 heavy (non-hydrogen) atoms. The maximum Gasteiger partial charge on any atom is 0.123 e. The van der Waals surface area contributed by atoms with E-state index in [1.54, 1.807) is 6.20 Å². The van der Waals surface area contributed by atoms with Crippen molar-refractivity contribution in [2.75, 3.05) is 39.0 Å². The zero-order valence-corrected chi connectivity index (χ0v) is 12.5. The predicted octanol–water partition coefficient (Wildman–Crippen LogP) is 0.905. The molecule has 0 aromatic carbocycles. The van der Waals surface area contributed by atoms with Gasteiger partial charge in [-0.05, 0) is 44.1 Å². The molecule has 1 aliphatic heterocycles. The summed E-state index contributed by atoms with van der Waals surface area (Å²) in [4.78, 5) is 6.38. The predicted molar refractivity (Wildman–Crippen MR) is 81.7 cm³/mol. The molecule has 0 bridgehead atoms. The smallest absolute Gasteiger partial charge is 0.123 e. The van der Waals surface area contributed by atoms with Crippen molar-refractivity contribution >= 4 is 5.82 Å². The van der Waals surface area contributed by atoms with Gasteiger partial charge in [0.2, 0.25) is 0 Å². The van der Waals surface area contributed by atoms with Crippen LogP contribution in [0.2, 0.25) is 0 Å². The quantitative estimate of drug-likeness (QED) is 0.809. The number of ether oxygens (including phenoxy) is 1. The minimum absolute atomic E-state index is 0.231. The van der Waals surface area contributed by atoms with Crippen LogP contribution in [0, 0.1) is 0 Å². The van der Waals surface area contributed by atoms with Crippen LogP contribution >= 0.6 is 0 Å². The average Bonchev–Trinajstić information content (AvgIpc) is 2.43. The van der Waals surface area contributed by atoms with Crippen LogP contribution in [0.1, 0.15) is 18.9 Å². The van der Waals surface area contributed by atoms with Gasteiger partial charge in [-0.3, -0.25) is 0 Å². The number of nitrogens with zero attached hydrogens (tertiary/aromatic N) is 2. The lowest BCUT2D eigenvalue weighted by Gasteiger charge is -2.35. The fourth-order valence-corrected chi connectivity index (χ4v) is 2.59. The number of hydrogen-bond donors (Lipinski definition) is 2. The molecule has 0 amide bonds. The van der Waals surface area contributed by atoms with E-state index in [2.05, 4.69) is 29.2 Å². The van der Waals surface area contributed by atoms with Gasteiger partial charge in [-0.2, -0.15) is 0 Å². The van der Waals surface area contributed by atoms with E-state index < -0.39 is 0 Å².